The van der Waals surface area contributed by atoms with E-state index in [1.165, 1.54) is 23.1 Å². The number of rotatable bonds is 6. The molecule has 0 radical (unpaired) electrons. The van der Waals surface area contributed by atoms with Gasteiger partial charge in [-0.05, 0) is 36.4 Å². The van der Waals surface area contributed by atoms with Gasteiger partial charge in [0.15, 0.2) is 0 Å². The highest BCUT2D eigenvalue weighted by molar-refractivity contribution is 7.99. The Balaban J connectivity index is 1.78. The molecule has 1 aromatic carbocycles. The number of benzene rings is 1. The van der Waals surface area contributed by atoms with Gasteiger partial charge in [-0.1, -0.05) is 11.6 Å². The lowest BCUT2D eigenvalue weighted by Gasteiger charge is -2.06. The zero-order valence-electron chi connectivity index (χ0n) is 11.9. The van der Waals surface area contributed by atoms with Gasteiger partial charge in [0.25, 0.3) is 5.91 Å². The van der Waals surface area contributed by atoms with Crippen LogP contribution in [0.25, 0.3) is 0 Å². The summed E-state index contributed by atoms with van der Waals surface area (Å²) >= 11 is 8.92. The third-order valence-corrected chi connectivity index (χ3v) is 5.16. The van der Waals surface area contributed by atoms with Gasteiger partial charge >= 0.3 is 0 Å². The molecule has 0 spiro atoms. The normalized spacial score (nSPS) is 10.3. The van der Waals surface area contributed by atoms with E-state index in [2.05, 4.69) is 10.6 Å². The van der Waals surface area contributed by atoms with E-state index in [4.69, 9.17) is 11.6 Å². The Hall–Kier alpha value is -1.50. The molecule has 0 unspecified atom stereocenters. The third-order valence-electron chi connectivity index (χ3n) is 2.76. The van der Waals surface area contributed by atoms with Gasteiger partial charge in [0, 0.05) is 28.9 Å². The molecule has 22 heavy (non-hydrogen) atoms. The maximum Gasteiger partial charge on any atom is 0.251 e. The Bertz CT molecular complexity index is 656. The van der Waals surface area contributed by atoms with Crippen molar-refractivity contribution in [3.63, 3.8) is 0 Å². The van der Waals surface area contributed by atoms with E-state index in [1.54, 1.807) is 31.3 Å². The van der Waals surface area contributed by atoms with Crippen molar-refractivity contribution in [3.8, 4) is 0 Å². The van der Waals surface area contributed by atoms with Crippen molar-refractivity contribution >= 4 is 52.2 Å². The van der Waals surface area contributed by atoms with Crippen LogP contribution in [0.3, 0.4) is 0 Å². The summed E-state index contributed by atoms with van der Waals surface area (Å²) in [5.74, 6) is 0.913. The summed E-state index contributed by atoms with van der Waals surface area (Å²) < 4.78 is 0.760. The van der Waals surface area contributed by atoms with Crippen LogP contribution in [0, 0.1) is 0 Å². The summed E-state index contributed by atoms with van der Waals surface area (Å²) in [5.41, 5.74) is 1.24. The van der Waals surface area contributed by atoms with Crippen LogP contribution in [-0.4, -0.2) is 24.6 Å². The average molecular weight is 355 g/mol. The summed E-state index contributed by atoms with van der Waals surface area (Å²) in [4.78, 5) is 24.4. The Morgan fingerprint density at radius 3 is 2.50 bits per heavy atom. The molecule has 2 aromatic rings. The van der Waals surface area contributed by atoms with E-state index < -0.39 is 0 Å². The fourth-order valence-corrected chi connectivity index (χ4v) is 3.75. The smallest absolute Gasteiger partial charge is 0.251 e. The molecular formula is C15H15ClN2O2S2. The summed E-state index contributed by atoms with van der Waals surface area (Å²) in [6.07, 6.45) is 0. The number of hydrogen-bond donors (Lipinski definition) is 2. The number of carbonyl (C=O) groups is 2. The Labute approximate surface area is 142 Å². The highest BCUT2D eigenvalue weighted by Crippen LogP contribution is 2.25. The van der Waals surface area contributed by atoms with Crippen molar-refractivity contribution in [1.29, 1.82) is 0 Å². The predicted octanol–water partition coefficient (Wildman–Crippen LogP) is 3.63. The second-order valence-electron chi connectivity index (χ2n) is 4.40. The molecule has 0 saturated carbocycles. The van der Waals surface area contributed by atoms with Crippen molar-refractivity contribution in [2.24, 2.45) is 0 Å². The summed E-state index contributed by atoms with van der Waals surface area (Å²) in [7, 11) is 1.58. The topological polar surface area (TPSA) is 58.2 Å². The molecule has 116 valence electrons. The first kappa shape index (κ1) is 16.9. The number of amides is 2. The second kappa shape index (κ2) is 8.22. The second-order valence-corrected chi connectivity index (χ2v) is 7.19. The van der Waals surface area contributed by atoms with E-state index in [9.17, 15) is 9.59 Å². The van der Waals surface area contributed by atoms with Gasteiger partial charge in [-0.15, -0.1) is 23.1 Å². The lowest BCUT2D eigenvalue weighted by Crippen LogP contribution is -2.18. The third kappa shape index (κ3) is 5.05. The fourth-order valence-electron chi connectivity index (χ4n) is 1.72. The Morgan fingerprint density at radius 1 is 1.18 bits per heavy atom. The van der Waals surface area contributed by atoms with Crippen molar-refractivity contribution < 1.29 is 9.59 Å². The van der Waals surface area contributed by atoms with E-state index in [0.717, 1.165) is 15.0 Å². The zero-order chi connectivity index (χ0) is 15.9. The SMILES string of the molecule is CNC(=O)c1ccc(NC(=O)CSCc2ccc(Cl)s2)cc1. The van der Waals surface area contributed by atoms with Crippen molar-refractivity contribution in [2.75, 3.05) is 18.1 Å². The number of hydrogen-bond acceptors (Lipinski definition) is 4. The van der Waals surface area contributed by atoms with E-state index in [0.29, 0.717) is 17.0 Å². The Morgan fingerprint density at radius 2 is 1.91 bits per heavy atom. The van der Waals surface area contributed by atoms with Crippen molar-refractivity contribution in [3.05, 3.63) is 51.2 Å². The molecule has 0 aliphatic heterocycles. The van der Waals surface area contributed by atoms with Gasteiger partial charge < -0.3 is 10.6 Å². The molecule has 0 aliphatic carbocycles. The standard InChI is InChI=1S/C15H15ClN2O2S2/c1-17-15(20)10-2-4-11(5-3-10)18-14(19)9-21-8-12-6-7-13(16)22-12/h2-7H,8-9H2,1H3,(H,17,20)(H,18,19). The van der Waals surface area contributed by atoms with Gasteiger partial charge in [-0.2, -0.15) is 0 Å². The molecule has 0 aliphatic rings. The van der Waals surface area contributed by atoms with E-state index in [1.807, 2.05) is 12.1 Å². The minimum Gasteiger partial charge on any atom is -0.355 e. The van der Waals surface area contributed by atoms with Gasteiger partial charge in [0.1, 0.15) is 0 Å². The minimum absolute atomic E-state index is 0.0691. The molecule has 4 nitrogen and oxygen atoms in total. The lowest BCUT2D eigenvalue weighted by molar-refractivity contribution is -0.113. The molecule has 1 aromatic heterocycles. The highest BCUT2D eigenvalue weighted by Gasteiger charge is 2.06. The summed E-state index contributed by atoms with van der Waals surface area (Å²) in [6, 6.07) is 10.6. The van der Waals surface area contributed by atoms with Crippen LogP contribution in [0.5, 0.6) is 0 Å². The van der Waals surface area contributed by atoms with Gasteiger partial charge in [0.05, 0.1) is 10.1 Å². The lowest BCUT2D eigenvalue weighted by atomic mass is 10.2. The van der Waals surface area contributed by atoms with Crippen LogP contribution < -0.4 is 10.6 Å². The van der Waals surface area contributed by atoms with Gasteiger partial charge in [0.2, 0.25) is 5.91 Å². The molecule has 2 rings (SSSR count). The van der Waals surface area contributed by atoms with Crippen LogP contribution in [0.1, 0.15) is 15.2 Å². The number of anilines is 1. The predicted molar refractivity (Wildman–Crippen MR) is 94.0 cm³/mol. The van der Waals surface area contributed by atoms with E-state index >= 15 is 0 Å². The molecule has 1 heterocycles. The first-order chi connectivity index (χ1) is 10.6. The van der Waals surface area contributed by atoms with Crippen molar-refractivity contribution in [2.45, 2.75) is 5.75 Å². The van der Waals surface area contributed by atoms with Crippen LogP contribution in [0.15, 0.2) is 36.4 Å². The first-order valence-electron chi connectivity index (χ1n) is 6.52. The minimum atomic E-state index is -0.150. The monoisotopic (exact) mass is 354 g/mol. The molecule has 7 heteroatoms. The van der Waals surface area contributed by atoms with E-state index in [-0.39, 0.29) is 11.8 Å². The molecule has 2 N–H and O–H groups in total. The zero-order valence-corrected chi connectivity index (χ0v) is 14.3. The van der Waals surface area contributed by atoms with Crippen molar-refractivity contribution in [1.82, 2.24) is 5.32 Å². The van der Waals surface area contributed by atoms with Gasteiger partial charge in [-0.3, -0.25) is 9.59 Å². The molecule has 0 fully saturated rings. The molecule has 2 amide bonds. The number of thioether (sulfide) groups is 1. The first-order valence-corrected chi connectivity index (χ1v) is 8.87. The van der Waals surface area contributed by atoms with Crippen LogP contribution >= 0.6 is 34.7 Å². The maximum absolute atomic E-state index is 11.8. The van der Waals surface area contributed by atoms with Gasteiger partial charge in [-0.25, -0.2) is 0 Å². The highest BCUT2D eigenvalue weighted by atomic mass is 35.5. The molecule has 0 saturated heterocycles. The number of thiophene rings is 1. The van der Waals surface area contributed by atoms with Crippen LogP contribution in [0.4, 0.5) is 5.69 Å². The molecule has 0 bridgehead atoms. The summed E-state index contributed by atoms with van der Waals surface area (Å²) in [5, 5.41) is 5.35. The van der Waals surface area contributed by atoms with Crippen LogP contribution in [-0.2, 0) is 10.5 Å². The number of nitrogens with one attached hydrogen (secondary N) is 2. The maximum atomic E-state index is 11.8. The number of halogens is 1. The number of carbonyl (C=O) groups excluding carboxylic acids is 2. The largest absolute Gasteiger partial charge is 0.355 e. The molecular weight excluding hydrogens is 340 g/mol. The average Bonchev–Trinajstić information content (AvgIpc) is 2.92. The summed E-state index contributed by atoms with van der Waals surface area (Å²) in [6.45, 7) is 0. The quantitative estimate of drug-likeness (QED) is 0.832. The molecule has 0 atom stereocenters. The Kier molecular flexibility index (Phi) is 6.30. The van der Waals surface area contributed by atoms with Crippen LogP contribution in [0.2, 0.25) is 4.34 Å². The fraction of sp³-hybridized carbons (Fsp3) is 0.200.